The molecule has 0 spiro atoms. The molecular formula is C17H16N6O. The fraction of sp³-hybridized carbons (Fsp3) is 0.176. The number of rotatable bonds is 4. The van der Waals surface area contributed by atoms with Gasteiger partial charge in [0.25, 0.3) is 0 Å². The molecule has 7 heteroatoms. The number of benzene rings is 2. The van der Waals surface area contributed by atoms with Gasteiger partial charge in [-0.15, -0.1) is 10.2 Å². The average Bonchev–Trinajstić information content (AvgIpc) is 3.21. The molecule has 0 aliphatic heterocycles. The Morgan fingerprint density at radius 1 is 1.08 bits per heavy atom. The molecule has 2 aromatic heterocycles. The van der Waals surface area contributed by atoms with Gasteiger partial charge in [-0.05, 0) is 29.5 Å². The molecule has 24 heavy (non-hydrogen) atoms. The van der Waals surface area contributed by atoms with E-state index in [4.69, 9.17) is 4.74 Å². The van der Waals surface area contributed by atoms with Gasteiger partial charge >= 0.3 is 0 Å². The summed E-state index contributed by atoms with van der Waals surface area (Å²) in [6.07, 6.45) is 0. The van der Waals surface area contributed by atoms with Crippen LogP contribution in [0.4, 0.5) is 0 Å². The summed E-state index contributed by atoms with van der Waals surface area (Å²) in [5, 5.41) is 12.7. The maximum absolute atomic E-state index is 5.23. The van der Waals surface area contributed by atoms with Crippen LogP contribution in [0.2, 0.25) is 0 Å². The largest absolute Gasteiger partial charge is 0.497 e. The second-order valence-electron chi connectivity index (χ2n) is 5.45. The molecule has 0 fully saturated rings. The van der Waals surface area contributed by atoms with Crippen molar-refractivity contribution in [2.75, 3.05) is 7.11 Å². The van der Waals surface area contributed by atoms with Crippen molar-refractivity contribution in [3.05, 3.63) is 54.4 Å². The molecule has 7 nitrogen and oxygen atoms in total. The van der Waals surface area contributed by atoms with Gasteiger partial charge in [-0.2, -0.15) is 4.80 Å². The van der Waals surface area contributed by atoms with Gasteiger partial charge in [0.05, 0.1) is 18.1 Å². The number of hydrogen-bond donors (Lipinski definition) is 0. The lowest BCUT2D eigenvalue weighted by Crippen LogP contribution is -2.09. The second kappa shape index (κ2) is 5.77. The predicted octanol–water partition coefficient (Wildman–Crippen LogP) is 2.28. The lowest BCUT2D eigenvalue weighted by atomic mass is 10.2. The Morgan fingerprint density at radius 2 is 1.96 bits per heavy atom. The van der Waals surface area contributed by atoms with Crippen molar-refractivity contribution in [1.82, 2.24) is 29.8 Å². The molecule has 0 unspecified atom stereocenters. The third-order valence-corrected chi connectivity index (χ3v) is 3.94. The normalized spacial score (nSPS) is 11.1. The Bertz CT molecular complexity index is 1000. The highest BCUT2D eigenvalue weighted by molar-refractivity contribution is 5.75. The number of fused-ring (bicyclic) bond motifs is 1. The van der Waals surface area contributed by atoms with Crippen molar-refractivity contribution in [3.63, 3.8) is 0 Å². The molecule has 2 aromatic carbocycles. The highest BCUT2D eigenvalue weighted by Crippen LogP contribution is 2.20. The molecule has 0 saturated heterocycles. The highest BCUT2D eigenvalue weighted by atomic mass is 16.5. The minimum Gasteiger partial charge on any atom is -0.497 e. The molecule has 0 aliphatic carbocycles. The Kier molecular flexibility index (Phi) is 3.45. The topological polar surface area (TPSA) is 70.7 Å². The van der Waals surface area contributed by atoms with Crippen LogP contribution >= 0.6 is 0 Å². The number of aryl methyl sites for hydroxylation is 1. The summed E-state index contributed by atoms with van der Waals surface area (Å²) in [7, 11) is 3.62. The van der Waals surface area contributed by atoms with Gasteiger partial charge in [-0.3, -0.25) is 0 Å². The van der Waals surface area contributed by atoms with Crippen LogP contribution in [0.1, 0.15) is 5.82 Å². The molecule has 0 atom stereocenters. The molecule has 120 valence electrons. The van der Waals surface area contributed by atoms with E-state index in [0.717, 1.165) is 28.2 Å². The second-order valence-corrected chi connectivity index (χ2v) is 5.45. The lowest BCUT2D eigenvalue weighted by Gasteiger charge is -2.01. The van der Waals surface area contributed by atoms with Crippen LogP contribution in [0.25, 0.3) is 22.4 Å². The van der Waals surface area contributed by atoms with Crippen LogP contribution in [0.15, 0.2) is 48.5 Å². The van der Waals surface area contributed by atoms with Crippen molar-refractivity contribution < 1.29 is 4.74 Å². The molecule has 4 rings (SSSR count). The number of aromatic nitrogens is 6. The Hall–Kier alpha value is -3.22. The van der Waals surface area contributed by atoms with E-state index in [1.165, 1.54) is 0 Å². The summed E-state index contributed by atoms with van der Waals surface area (Å²) in [6.45, 7) is 0.460. The standard InChI is InChI=1S/C17H16N6O/c1-22-15-9-4-3-8-14(15)18-16(22)11-23-20-17(19-21-23)12-6-5-7-13(10-12)24-2/h3-10H,11H2,1-2H3. The van der Waals surface area contributed by atoms with Crippen molar-refractivity contribution in [3.8, 4) is 17.1 Å². The van der Waals surface area contributed by atoms with Gasteiger partial charge in [-0.25, -0.2) is 4.98 Å². The van der Waals surface area contributed by atoms with Gasteiger partial charge in [0.15, 0.2) is 0 Å². The van der Waals surface area contributed by atoms with E-state index in [2.05, 4.69) is 20.4 Å². The van der Waals surface area contributed by atoms with Crippen molar-refractivity contribution >= 4 is 11.0 Å². The van der Waals surface area contributed by atoms with E-state index in [9.17, 15) is 0 Å². The SMILES string of the molecule is COc1cccc(-c2nnn(Cc3nc4ccccc4n3C)n2)c1. The van der Waals surface area contributed by atoms with E-state index in [0.29, 0.717) is 12.4 Å². The van der Waals surface area contributed by atoms with E-state index in [1.807, 2.05) is 60.1 Å². The smallest absolute Gasteiger partial charge is 0.205 e. The van der Waals surface area contributed by atoms with Crippen molar-refractivity contribution in [2.45, 2.75) is 6.54 Å². The molecule has 0 saturated carbocycles. The van der Waals surface area contributed by atoms with Gasteiger partial charge in [0.2, 0.25) is 5.82 Å². The molecule has 2 heterocycles. The minimum atomic E-state index is 0.460. The Balaban J connectivity index is 1.63. The van der Waals surface area contributed by atoms with Gasteiger partial charge in [-0.1, -0.05) is 24.3 Å². The van der Waals surface area contributed by atoms with Crippen molar-refractivity contribution in [1.29, 1.82) is 0 Å². The summed E-state index contributed by atoms with van der Waals surface area (Å²) >= 11 is 0. The van der Waals surface area contributed by atoms with Crippen molar-refractivity contribution in [2.24, 2.45) is 7.05 Å². The quantitative estimate of drug-likeness (QED) is 0.577. The zero-order valence-electron chi connectivity index (χ0n) is 13.4. The number of para-hydroxylation sites is 2. The van der Waals surface area contributed by atoms with Crippen LogP contribution < -0.4 is 4.74 Å². The van der Waals surface area contributed by atoms with E-state index >= 15 is 0 Å². The zero-order valence-corrected chi connectivity index (χ0v) is 13.4. The van der Waals surface area contributed by atoms with E-state index in [-0.39, 0.29) is 0 Å². The minimum absolute atomic E-state index is 0.460. The first-order valence-corrected chi connectivity index (χ1v) is 7.57. The van der Waals surface area contributed by atoms with Crippen LogP contribution in [-0.4, -0.2) is 36.9 Å². The summed E-state index contributed by atoms with van der Waals surface area (Å²) in [5.41, 5.74) is 2.91. The number of hydrogen-bond acceptors (Lipinski definition) is 5. The van der Waals surface area contributed by atoms with Crippen LogP contribution in [-0.2, 0) is 13.6 Å². The van der Waals surface area contributed by atoms with Crippen LogP contribution in [0, 0.1) is 0 Å². The van der Waals surface area contributed by atoms with Gasteiger partial charge in [0.1, 0.15) is 18.1 Å². The number of imidazole rings is 1. The molecular weight excluding hydrogens is 304 g/mol. The first-order valence-electron chi connectivity index (χ1n) is 7.57. The Labute approximate surface area is 138 Å². The predicted molar refractivity (Wildman–Crippen MR) is 89.6 cm³/mol. The molecule has 0 radical (unpaired) electrons. The molecule has 0 N–H and O–H groups in total. The van der Waals surface area contributed by atoms with Crippen LogP contribution in [0.5, 0.6) is 5.75 Å². The molecule has 0 amide bonds. The number of methoxy groups -OCH3 is 1. The fourth-order valence-corrected chi connectivity index (χ4v) is 2.65. The summed E-state index contributed by atoms with van der Waals surface area (Å²) in [4.78, 5) is 6.18. The maximum atomic E-state index is 5.23. The molecule has 0 bridgehead atoms. The number of ether oxygens (including phenoxy) is 1. The average molecular weight is 320 g/mol. The van der Waals surface area contributed by atoms with E-state index in [1.54, 1.807) is 11.9 Å². The highest BCUT2D eigenvalue weighted by Gasteiger charge is 2.11. The summed E-state index contributed by atoms with van der Waals surface area (Å²) < 4.78 is 7.28. The molecule has 0 aliphatic rings. The zero-order chi connectivity index (χ0) is 16.5. The molecule has 4 aromatic rings. The maximum Gasteiger partial charge on any atom is 0.205 e. The first-order chi connectivity index (χ1) is 11.7. The first kappa shape index (κ1) is 14.4. The lowest BCUT2D eigenvalue weighted by molar-refractivity contribution is 0.415. The van der Waals surface area contributed by atoms with Gasteiger partial charge < -0.3 is 9.30 Å². The fourth-order valence-electron chi connectivity index (χ4n) is 2.65. The number of nitrogens with zero attached hydrogens (tertiary/aromatic N) is 6. The third kappa shape index (κ3) is 2.50. The monoisotopic (exact) mass is 320 g/mol. The number of tetrazole rings is 1. The summed E-state index contributed by atoms with van der Waals surface area (Å²) in [5.74, 6) is 2.21. The Morgan fingerprint density at radius 3 is 2.79 bits per heavy atom. The summed E-state index contributed by atoms with van der Waals surface area (Å²) in [6, 6.07) is 15.6. The third-order valence-electron chi connectivity index (χ3n) is 3.94. The van der Waals surface area contributed by atoms with Gasteiger partial charge in [0, 0.05) is 12.6 Å². The van der Waals surface area contributed by atoms with Crippen LogP contribution in [0.3, 0.4) is 0 Å². The van der Waals surface area contributed by atoms with E-state index < -0.39 is 0 Å².